The summed E-state index contributed by atoms with van der Waals surface area (Å²) in [4.78, 5) is 45.6. The summed E-state index contributed by atoms with van der Waals surface area (Å²) in [6.45, 7) is -0.0202. The highest BCUT2D eigenvalue weighted by atomic mass is 16.2. The summed E-state index contributed by atoms with van der Waals surface area (Å²) in [6.07, 6.45) is 2.70. The fourth-order valence-electron chi connectivity index (χ4n) is 2.51. The highest BCUT2D eigenvalue weighted by Crippen LogP contribution is 2.15. The predicted molar refractivity (Wildman–Crippen MR) is 103 cm³/mol. The van der Waals surface area contributed by atoms with Gasteiger partial charge in [0.1, 0.15) is 5.56 Å². The van der Waals surface area contributed by atoms with E-state index in [1.165, 1.54) is 0 Å². The van der Waals surface area contributed by atoms with Crippen LogP contribution >= 0.6 is 0 Å². The second-order valence-corrected chi connectivity index (χ2v) is 6.12. The van der Waals surface area contributed by atoms with E-state index in [2.05, 4.69) is 15.3 Å². The van der Waals surface area contributed by atoms with Gasteiger partial charge in [0.25, 0.3) is 11.5 Å². The lowest BCUT2D eigenvalue weighted by Gasteiger charge is -2.13. The fourth-order valence-corrected chi connectivity index (χ4v) is 2.51. The smallest absolute Gasteiger partial charge is 0.328 e. The van der Waals surface area contributed by atoms with Crippen molar-refractivity contribution < 1.29 is 4.79 Å². The van der Waals surface area contributed by atoms with Crippen molar-refractivity contribution in [2.45, 2.75) is 6.54 Å². The Morgan fingerprint density at radius 1 is 1.15 bits per heavy atom. The molecule has 3 rings (SSSR count). The first-order valence-corrected chi connectivity index (χ1v) is 8.27. The molecule has 2 N–H and O–H groups in total. The average Bonchev–Trinajstić information content (AvgIpc) is 2.66. The largest absolute Gasteiger partial charge is 0.378 e. The number of nitrogens with one attached hydrogen (secondary N) is 2. The van der Waals surface area contributed by atoms with Gasteiger partial charge in [0.05, 0.1) is 12.2 Å². The van der Waals surface area contributed by atoms with Crippen molar-refractivity contribution in [1.82, 2.24) is 14.5 Å². The SMILES string of the molecule is CN(C)c1ccc(NC(=O)c2c[nH]c(=O)n(Cc3ccccn3)c2=O)cc1. The Morgan fingerprint density at radius 3 is 2.52 bits per heavy atom. The van der Waals surface area contributed by atoms with E-state index >= 15 is 0 Å². The summed E-state index contributed by atoms with van der Waals surface area (Å²) in [7, 11) is 3.83. The molecule has 0 aliphatic carbocycles. The van der Waals surface area contributed by atoms with E-state index in [-0.39, 0.29) is 12.1 Å². The Hall–Kier alpha value is -3.68. The van der Waals surface area contributed by atoms with E-state index in [0.29, 0.717) is 11.4 Å². The molecule has 1 amide bonds. The lowest BCUT2D eigenvalue weighted by Crippen LogP contribution is -2.39. The second-order valence-electron chi connectivity index (χ2n) is 6.12. The topological polar surface area (TPSA) is 100 Å². The minimum atomic E-state index is -0.674. The predicted octanol–water partition coefficient (Wildman–Crippen LogP) is 1.30. The Balaban J connectivity index is 1.86. The average molecular weight is 365 g/mol. The van der Waals surface area contributed by atoms with Crippen LogP contribution < -0.4 is 21.5 Å². The van der Waals surface area contributed by atoms with Crippen LogP contribution in [0.2, 0.25) is 0 Å². The molecule has 0 aliphatic rings. The Morgan fingerprint density at radius 2 is 1.89 bits per heavy atom. The summed E-state index contributed by atoms with van der Waals surface area (Å²) >= 11 is 0. The van der Waals surface area contributed by atoms with Crippen molar-refractivity contribution in [2.24, 2.45) is 0 Å². The van der Waals surface area contributed by atoms with Crippen LogP contribution in [-0.2, 0) is 6.54 Å². The molecule has 1 aromatic carbocycles. The number of H-pyrrole nitrogens is 1. The standard InChI is InChI=1S/C19H19N5O3/c1-23(2)15-8-6-13(7-9-15)22-17(25)16-11-21-19(27)24(18(16)26)12-14-5-3-4-10-20-14/h3-11H,12H2,1-2H3,(H,21,27)(H,22,25). The molecule has 0 atom stereocenters. The van der Waals surface area contributed by atoms with Crippen molar-refractivity contribution in [3.8, 4) is 0 Å². The summed E-state index contributed by atoms with van der Waals surface area (Å²) in [5.41, 5.74) is 0.649. The minimum absolute atomic E-state index is 0.0202. The zero-order valence-electron chi connectivity index (χ0n) is 15.0. The number of pyridine rings is 1. The Kier molecular flexibility index (Phi) is 5.16. The fraction of sp³-hybridized carbons (Fsp3) is 0.158. The van der Waals surface area contributed by atoms with E-state index in [4.69, 9.17) is 0 Å². The van der Waals surface area contributed by atoms with Gasteiger partial charge < -0.3 is 15.2 Å². The quantitative estimate of drug-likeness (QED) is 0.710. The van der Waals surface area contributed by atoms with Gasteiger partial charge in [0.2, 0.25) is 0 Å². The maximum absolute atomic E-state index is 12.6. The highest BCUT2D eigenvalue weighted by molar-refractivity contribution is 6.03. The third-order valence-corrected chi connectivity index (χ3v) is 3.99. The Bertz CT molecular complexity index is 1050. The molecular weight excluding hydrogens is 346 g/mol. The monoisotopic (exact) mass is 365 g/mol. The normalized spacial score (nSPS) is 10.4. The summed E-state index contributed by atoms with van der Waals surface area (Å²) < 4.78 is 0.951. The molecule has 8 heteroatoms. The van der Waals surface area contributed by atoms with E-state index < -0.39 is 17.2 Å². The number of carbonyl (C=O) groups excluding carboxylic acids is 1. The number of nitrogens with zero attached hydrogens (tertiary/aromatic N) is 3. The zero-order chi connectivity index (χ0) is 19.4. The number of aromatic amines is 1. The third kappa shape index (κ3) is 4.12. The molecule has 8 nitrogen and oxygen atoms in total. The summed E-state index contributed by atoms with van der Waals surface area (Å²) in [6, 6.07) is 12.4. The van der Waals surface area contributed by atoms with E-state index in [1.54, 1.807) is 36.5 Å². The highest BCUT2D eigenvalue weighted by Gasteiger charge is 2.15. The van der Waals surface area contributed by atoms with E-state index in [0.717, 1.165) is 16.5 Å². The first kappa shape index (κ1) is 18.1. The molecule has 0 saturated carbocycles. The maximum atomic E-state index is 12.6. The summed E-state index contributed by atoms with van der Waals surface area (Å²) in [5.74, 6) is -0.594. The molecule has 2 heterocycles. The molecule has 0 radical (unpaired) electrons. The number of benzene rings is 1. The molecule has 0 aliphatic heterocycles. The first-order chi connectivity index (χ1) is 13.0. The Labute approximate surface area is 155 Å². The number of hydrogen-bond donors (Lipinski definition) is 2. The molecule has 0 fully saturated rings. The van der Waals surface area contributed by atoms with Gasteiger partial charge in [-0.3, -0.25) is 19.1 Å². The van der Waals surface area contributed by atoms with Crippen LogP contribution in [0.15, 0.2) is 64.4 Å². The van der Waals surface area contributed by atoms with Crippen LogP contribution in [0.25, 0.3) is 0 Å². The van der Waals surface area contributed by atoms with Crippen molar-refractivity contribution >= 4 is 17.3 Å². The molecule has 27 heavy (non-hydrogen) atoms. The molecule has 0 spiro atoms. The third-order valence-electron chi connectivity index (χ3n) is 3.99. The van der Waals surface area contributed by atoms with Crippen molar-refractivity contribution in [1.29, 1.82) is 0 Å². The van der Waals surface area contributed by atoms with Crippen LogP contribution in [0.5, 0.6) is 0 Å². The first-order valence-electron chi connectivity index (χ1n) is 8.27. The molecule has 0 saturated heterocycles. The van der Waals surface area contributed by atoms with Gasteiger partial charge in [-0.05, 0) is 36.4 Å². The van der Waals surface area contributed by atoms with Crippen LogP contribution in [0.1, 0.15) is 16.1 Å². The maximum Gasteiger partial charge on any atom is 0.328 e. The van der Waals surface area contributed by atoms with Crippen LogP contribution in [-0.4, -0.2) is 34.5 Å². The van der Waals surface area contributed by atoms with Gasteiger partial charge in [0, 0.05) is 37.9 Å². The number of amides is 1. The van der Waals surface area contributed by atoms with E-state index in [9.17, 15) is 14.4 Å². The lowest BCUT2D eigenvalue weighted by molar-refractivity contribution is 0.102. The van der Waals surface area contributed by atoms with Crippen molar-refractivity contribution in [3.05, 3.63) is 87.0 Å². The number of rotatable bonds is 5. The van der Waals surface area contributed by atoms with Crippen molar-refractivity contribution in [2.75, 3.05) is 24.3 Å². The van der Waals surface area contributed by atoms with Crippen molar-refractivity contribution in [3.63, 3.8) is 0 Å². The number of hydrogen-bond acceptors (Lipinski definition) is 5. The molecule has 3 aromatic rings. The van der Waals surface area contributed by atoms with Gasteiger partial charge >= 0.3 is 5.69 Å². The molecule has 138 valence electrons. The second kappa shape index (κ2) is 7.69. The number of anilines is 2. The molecule has 0 bridgehead atoms. The van der Waals surface area contributed by atoms with Gasteiger partial charge in [0.15, 0.2) is 0 Å². The molecular formula is C19H19N5O3. The lowest BCUT2D eigenvalue weighted by atomic mass is 10.2. The van der Waals surface area contributed by atoms with Gasteiger partial charge in [-0.25, -0.2) is 4.79 Å². The van der Waals surface area contributed by atoms with Gasteiger partial charge in [-0.1, -0.05) is 6.07 Å². The van der Waals surface area contributed by atoms with Crippen LogP contribution in [0.3, 0.4) is 0 Å². The molecule has 0 unspecified atom stereocenters. The summed E-state index contributed by atoms with van der Waals surface area (Å²) in [5, 5.41) is 2.67. The van der Waals surface area contributed by atoms with Gasteiger partial charge in [-0.2, -0.15) is 0 Å². The molecule has 2 aromatic heterocycles. The van der Waals surface area contributed by atoms with E-state index in [1.807, 2.05) is 31.1 Å². The number of carbonyl (C=O) groups is 1. The minimum Gasteiger partial charge on any atom is -0.378 e. The zero-order valence-corrected chi connectivity index (χ0v) is 15.0. The van der Waals surface area contributed by atoms with Crippen LogP contribution in [0, 0.1) is 0 Å². The van der Waals surface area contributed by atoms with Crippen LogP contribution in [0.4, 0.5) is 11.4 Å². The van der Waals surface area contributed by atoms with Gasteiger partial charge in [-0.15, -0.1) is 0 Å². The number of aromatic nitrogens is 3.